The van der Waals surface area contributed by atoms with Gasteiger partial charge in [0.05, 0.1) is 0 Å². The van der Waals surface area contributed by atoms with Gasteiger partial charge in [-0.05, 0) is 33.3 Å². The average molecular weight is 406 g/mol. The molecule has 0 spiro atoms. The highest BCUT2D eigenvalue weighted by Crippen LogP contribution is 2.17. The second-order valence-electron chi connectivity index (χ2n) is 8.03. The number of esters is 1. The predicted molar refractivity (Wildman–Crippen MR) is 106 cm³/mol. The van der Waals surface area contributed by atoms with Crippen LogP contribution in [0.4, 0.5) is 9.59 Å². The maximum atomic E-state index is 12.2. The molecule has 0 unspecified atom stereocenters. The molecule has 29 heavy (non-hydrogen) atoms. The molecule has 0 aromatic heterocycles. The van der Waals surface area contributed by atoms with Gasteiger partial charge in [-0.25, -0.2) is 14.4 Å². The van der Waals surface area contributed by atoms with E-state index in [-0.39, 0.29) is 18.8 Å². The van der Waals surface area contributed by atoms with E-state index in [1.807, 2.05) is 51.1 Å². The van der Waals surface area contributed by atoms with Gasteiger partial charge in [0.2, 0.25) is 0 Å². The number of alkyl carbamates (subject to hydrolysis) is 1. The highest BCUT2D eigenvalue weighted by atomic mass is 16.6. The molecule has 1 N–H and O–H groups in total. The second-order valence-corrected chi connectivity index (χ2v) is 8.03. The van der Waals surface area contributed by atoms with Crippen LogP contribution in [0.2, 0.25) is 0 Å². The maximum absolute atomic E-state index is 12.2. The van der Waals surface area contributed by atoms with E-state index in [1.54, 1.807) is 11.8 Å². The Labute approximate surface area is 171 Å². The van der Waals surface area contributed by atoms with Crippen LogP contribution in [0.25, 0.3) is 0 Å². The molecule has 1 heterocycles. The summed E-state index contributed by atoms with van der Waals surface area (Å²) in [6.07, 6.45) is -0.297. The van der Waals surface area contributed by atoms with Crippen molar-refractivity contribution in [3.8, 4) is 0 Å². The molecule has 8 heteroatoms. The van der Waals surface area contributed by atoms with E-state index >= 15 is 0 Å². The van der Waals surface area contributed by atoms with Crippen molar-refractivity contribution >= 4 is 18.2 Å². The Hall–Kier alpha value is -2.77. The molecule has 1 fully saturated rings. The van der Waals surface area contributed by atoms with Crippen LogP contribution in [0, 0.1) is 0 Å². The lowest BCUT2D eigenvalue weighted by molar-refractivity contribution is -0.153. The highest BCUT2D eigenvalue weighted by Gasteiger charge is 2.29. The number of carbonyl (C=O) groups is 3. The number of ether oxygens (including phenoxy) is 3. The zero-order valence-corrected chi connectivity index (χ0v) is 17.5. The molecule has 1 aliphatic rings. The van der Waals surface area contributed by atoms with E-state index in [2.05, 4.69) is 5.32 Å². The number of nitrogens with one attached hydrogen (secondary N) is 1. The minimum absolute atomic E-state index is 0.123. The Kier molecular flexibility index (Phi) is 7.87. The van der Waals surface area contributed by atoms with Crippen molar-refractivity contribution in [1.82, 2.24) is 10.2 Å². The fourth-order valence-corrected chi connectivity index (χ4v) is 2.75. The molecule has 0 aliphatic carbocycles. The fraction of sp³-hybridized carbons (Fsp3) is 0.571. The molecule has 1 aromatic carbocycles. The van der Waals surface area contributed by atoms with Crippen LogP contribution in [-0.4, -0.2) is 53.9 Å². The molecule has 0 bridgehead atoms. The van der Waals surface area contributed by atoms with E-state index in [4.69, 9.17) is 14.2 Å². The predicted octanol–water partition coefficient (Wildman–Crippen LogP) is 3.24. The fourth-order valence-electron chi connectivity index (χ4n) is 2.75. The summed E-state index contributed by atoms with van der Waals surface area (Å²) in [5.74, 6) is -0.530. The summed E-state index contributed by atoms with van der Waals surface area (Å²) >= 11 is 0. The van der Waals surface area contributed by atoms with Gasteiger partial charge in [-0.3, -0.25) is 0 Å². The zero-order valence-electron chi connectivity index (χ0n) is 17.5. The first-order valence-corrected chi connectivity index (χ1v) is 9.79. The van der Waals surface area contributed by atoms with Gasteiger partial charge in [0.1, 0.15) is 24.4 Å². The van der Waals surface area contributed by atoms with Crippen LogP contribution in [0.15, 0.2) is 30.3 Å². The summed E-state index contributed by atoms with van der Waals surface area (Å²) in [7, 11) is 0. The van der Waals surface area contributed by atoms with Crippen LogP contribution >= 0.6 is 0 Å². The van der Waals surface area contributed by atoms with Crippen molar-refractivity contribution < 1.29 is 28.6 Å². The standard InChI is InChI=1S/C21H30N2O6/c1-15(22-19(25)27-14-16-8-6-5-7-9-16)18(24)28-17-10-12-23(13-11-17)20(26)29-21(2,3)4/h5-9,15,17H,10-14H2,1-4H3,(H,22,25)/t15-/m0/s1. The lowest BCUT2D eigenvalue weighted by Gasteiger charge is -2.33. The van der Waals surface area contributed by atoms with Crippen molar-refractivity contribution in [3.05, 3.63) is 35.9 Å². The summed E-state index contributed by atoms with van der Waals surface area (Å²) in [6, 6.07) is 8.43. The molecule has 1 saturated heterocycles. The van der Waals surface area contributed by atoms with Crippen molar-refractivity contribution in [2.24, 2.45) is 0 Å². The number of nitrogens with zero attached hydrogens (tertiary/aromatic N) is 1. The van der Waals surface area contributed by atoms with E-state index in [0.717, 1.165) is 5.56 Å². The molecular formula is C21H30N2O6. The third kappa shape index (κ3) is 8.01. The Morgan fingerprint density at radius 2 is 1.76 bits per heavy atom. The average Bonchev–Trinajstić information content (AvgIpc) is 2.66. The smallest absolute Gasteiger partial charge is 0.410 e. The molecule has 8 nitrogen and oxygen atoms in total. The monoisotopic (exact) mass is 406 g/mol. The van der Waals surface area contributed by atoms with E-state index in [0.29, 0.717) is 25.9 Å². The topological polar surface area (TPSA) is 94.2 Å². The summed E-state index contributed by atoms with van der Waals surface area (Å²) in [5, 5.41) is 2.47. The van der Waals surface area contributed by atoms with Crippen molar-refractivity contribution in [2.45, 2.75) is 64.9 Å². The van der Waals surface area contributed by atoms with Gasteiger partial charge in [0.15, 0.2) is 0 Å². The molecule has 0 radical (unpaired) electrons. The van der Waals surface area contributed by atoms with Crippen LogP contribution in [0.1, 0.15) is 46.1 Å². The molecule has 2 amide bonds. The van der Waals surface area contributed by atoms with Gasteiger partial charge in [-0.1, -0.05) is 30.3 Å². The van der Waals surface area contributed by atoms with Gasteiger partial charge in [-0.15, -0.1) is 0 Å². The second kappa shape index (κ2) is 10.1. The van der Waals surface area contributed by atoms with Crippen LogP contribution in [0.3, 0.4) is 0 Å². The van der Waals surface area contributed by atoms with E-state index in [9.17, 15) is 14.4 Å². The summed E-state index contributed by atoms with van der Waals surface area (Å²) in [4.78, 5) is 37.8. The number of hydrogen-bond donors (Lipinski definition) is 1. The molecule has 1 atom stereocenters. The molecule has 2 rings (SSSR count). The summed E-state index contributed by atoms with van der Waals surface area (Å²) in [6.45, 7) is 8.02. The van der Waals surface area contributed by atoms with Gasteiger partial charge >= 0.3 is 18.2 Å². The van der Waals surface area contributed by atoms with Gasteiger partial charge in [0.25, 0.3) is 0 Å². The van der Waals surface area contributed by atoms with Crippen LogP contribution < -0.4 is 5.32 Å². The molecule has 160 valence electrons. The molecule has 1 aromatic rings. The third-order valence-electron chi connectivity index (χ3n) is 4.28. The first-order chi connectivity index (χ1) is 13.6. The quantitative estimate of drug-likeness (QED) is 0.596. The largest absolute Gasteiger partial charge is 0.461 e. The molecular weight excluding hydrogens is 376 g/mol. The number of carbonyl (C=O) groups excluding carboxylic acids is 3. The van der Waals surface area contributed by atoms with Crippen LogP contribution in [-0.2, 0) is 25.6 Å². The lowest BCUT2D eigenvalue weighted by Crippen LogP contribution is -2.46. The number of rotatable bonds is 5. The van der Waals surface area contributed by atoms with Crippen LogP contribution in [0.5, 0.6) is 0 Å². The third-order valence-corrected chi connectivity index (χ3v) is 4.28. The summed E-state index contributed by atoms with van der Waals surface area (Å²) < 4.78 is 15.9. The lowest BCUT2D eigenvalue weighted by atomic mass is 10.1. The highest BCUT2D eigenvalue weighted by molar-refractivity contribution is 5.81. The van der Waals surface area contributed by atoms with E-state index in [1.165, 1.54) is 0 Å². The summed E-state index contributed by atoms with van der Waals surface area (Å²) in [5.41, 5.74) is 0.311. The number of likely N-dealkylation sites (tertiary alicyclic amines) is 1. The number of amides is 2. The normalized spacial score (nSPS) is 15.9. The molecule has 1 aliphatic heterocycles. The van der Waals surface area contributed by atoms with Crippen molar-refractivity contribution in [1.29, 1.82) is 0 Å². The zero-order chi connectivity index (χ0) is 21.4. The Bertz CT molecular complexity index is 693. The Balaban J connectivity index is 1.69. The number of piperidine rings is 1. The Morgan fingerprint density at radius 1 is 1.14 bits per heavy atom. The minimum atomic E-state index is -0.831. The first-order valence-electron chi connectivity index (χ1n) is 9.79. The van der Waals surface area contributed by atoms with Crippen molar-refractivity contribution in [3.63, 3.8) is 0 Å². The maximum Gasteiger partial charge on any atom is 0.410 e. The first kappa shape index (κ1) is 22.5. The van der Waals surface area contributed by atoms with Gasteiger partial charge in [-0.2, -0.15) is 0 Å². The minimum Gasteiger partial charge on any atom is -0.461 e. The molecule has 0 saturated carbocycles. The Morgan fingerprint density at radius 3 is 2.34 bits per heavy atom. The number of hydrogen-bond acceptors (Lipinski definition) is 6. The van der Waals surface area contributed by atoms with Gasteiger partial charge in [0, 0.05) is 25.9 Å². The number of benzene rings is 1. The SMILES string of the molecule is C[C@H](NC(=O)OCc1ccccc1)C(=O)OC1CCN(C(=O)OC(C)(C)C)CC1. The van der Waals surface area contributed by atoms with E-state index < -0.39 is 23.7 Å². The van der Waals surface area contributed by atoms with Crippen molar-refractivity contribution in [2.75, 3.05) is 13.1 Å². The van der Waals surface area contributed by atoms with Gasteiger partial charge < -0.3 is 24.4 Å².